The quantitative estimate of drug-likeness (QED) is 0.766. The zero-order valence-corrected chi connectivity index (χ0v) is 18.2. The van der Waals surface area contributed by atoms with Gasteiger partial charge in [-0.15, -0.1) is 0 Å². The van der Waals surface area contributed by atoms with Gasteiger partial charge in [0.1, 0.15) is 11.6 Å². The second kappa shape index (κ2) is 7.50. The van der Waals surface area contributed by atoms with Gasteiger partial charge in [-0.05, 0) is 19.4 Å². The zero-order valence-electron chi connectivity index (χ0n) is 17.4. The number of fused-ring (bicyclic) bond motifs is 1. The molecule has 1 aromatic heterocycles. The molecule has 30 heavy (non-hydrogen) atoms. The van der Waals surface area contributed by atoms with Crippen molar-refractivity contribution in [2.24, 2.45) is 0 Å². The van der Waals surface area contributed by atoms with Gasteiger partial charge in [0.05, 0.1) is 44.6 Å². The molecule has 0 saturated carbocycles. The van der Waals surface area contributed by atoms with Crippen LogP contribution in [0.4, 0.5) is 5.82 Å². The molecule has 9 nitrogen and oxygen atoms in total. The van der Waals surface area contributed by atoms with Crippen molar-refractivity contribution in [3.63, 3.8) is 0 Å². The van der Waals surface area contributed by atoms with Crippen molar-refractivity contribution in [3.05, 3.63) is 29.0 Å². The van der Waals surface area contributed by atoms with Gasteiger partial charge in [0.15, 0.2) is 21.3 Å². The summed E-state index contributed by atoms with van der Waals surface area (Å²) in [4.78, 5) is 12.6. The van der Waals surface area contributed by atoms with Crippen molar-refractivity contribution in [1.82, 2.24) is 9.78 Å². The van der Waals surface area contributed by atoms with Crippen LogP contribution < -0.4 is 19.5 Å². The molecule has 2 aliphatic rings. The topological polar surface area (TPSA) is 109 Å². The summed E-state index contributed by atoms with van der Waals surface area (Å²) in [7, 11) is 1.57. The second-order valence-electron chi connectivity index (χ2n) is 7.60. The van der Waals surface area contributed by atoms with Crippen molar-refractivity contribution in [2.45, 2.75) is 31.7 Å². The number of rotatable bonds is 5. The molecule has 10 heteroatoms. The van der Waals surface area contributed by atoms with Gasteiger partial charge in [-0.1, -0.05) is 0 Å². The SMILES string of the molecule is COc1cc(OC)c([C@H]2CC(=O)Nc3c2c(C)nn3[C@@H]2CCS(=O)(=O)C2)cc1OC. The van der Waals surface area contributed by atoms with Crippen molar-refractivity contribution < 1.29 is 27.4 Å². The molecule has 0 aliphatic carbocycles. The van der Waals surface area contributed by atoms with E-state index in [0.717, 1.165) is 16.8 Å². The number of nitrogens with zero attached hydrogens (tertiary/aromatic N) is 2. The lowest BCUT2D eigenvalue weighted by Gasteiger charge is -2.27. The van der Waals surface area contributed by atoms with E-state index in [1.165, 1.54) is 0 Å². The molecule has 1 fully saturated rings. The van der Waals surface area contributed by atoms with Crippen molar-refractivity contribution in [3.8, 4) is 17.2 Å². The van der Waals surface area contributed by atoms with Crippen LogP contribution in [0.2, 0.25) is 0 Å². The number of aromatic nitrogens is 2. The monoisotopic (exact) mass is 435 g/mol. The molecular formula is C20H25N3O6S. The van der Waals surface area contributed by atoms with Gasteiger partial charge in [-0.25, -0.2) is 13.1 Å². The number of nitrogens with one attached hydrogen (secondary N) is 1. The van der Waals surface area contributed by atoms with Gasteiger partial charge in [0, 0.05) is 29.5 Å². The number of methoxy groups -OCH3 is 3. The fourth-order valence-corrected chi connectivity index (χ4v) is 6.09. The van der Waals surface area contributed by atoms with E-state index >= 15 is 0 Å². The summed E-state index contributed by atoms with van der Waals surface area (Å²) in [5, 5.41) is 7.53. The molecule has 1 aromatic carbocycles. The highest BCUT2D eigenvalue weighted by atomic mass is 32.2. The van der Waals surface area contributed by atoms with E-state index in [9.17, 15) is 13.2 Å². The van der Waals surface area contributed by atoms with Gasteiger partial charge >= 0.3 is 0 Å². The average molecular weight is 436 g/mol. The van der Waals surface area contributed by atoms with E-state index in [-0.39, 0.29) is 35.8 Å². The van der Waals surface area contributed by atoms with E-state index in [0.29, 0.717) is 29.5 Å². The number of hydrogen-bond acceptors (Lipinski definition) is 7. The highest BCUT2D eigenvalue weighted by Gasteiger charge is 2.38. The van der Waals surface area contributed by atoms with Crippen LogP contribution in [0.15, 0.2) is 12.1 Å². The molecule has 2 aromatic rings. The lowest BCUT2D eigenvalue weighted by Crippen LogP contribution is -2.26. The van der Waals surface area contributed by atoms with Crippen molar-refractivity contribution in [1.29, 1.82) is 0 Å². The van der Waals surface area contributed by atoms with E-state index in [1.807, 2.05) is 13.0 Å². The maximum atomic E-state index is 12.6. The maximum absolute atomic E-state index is 12.6. The van der Waals surface area contributed by atoms with Gasteiger partial charge in [-0.3, -0.25) is 4.79 Å². The van der Waals surface area contributed by atoms with Crippen molar-refractivity contribution in [2.75, 3.05) is 38.2 Å². The first-order valence-corrected chi connectivity index (χ1v) is 11.5. The highest BCUT2D eigenvalue weighted by molar-refractivity contribution is 7.91. The fourth-order valence-electron chi connectivity index (χ4n) is 4.40. The van der Waals surface area contributed by atoms with Gasteiger partial charge in [0.2, 0.25) is 5.91 Å². The Labute approximate surface area is 175 Å². The summed E-state index contributed by atoms with van der Waals surface area (Å²) in [6.45, 7) is 1.87. The summed E-state index contributed by atoms with van der Waals surface area (Å²) in [5.74, 6) is 1.89. The lowest BCUT2D eigenvalue weighted by atomic mass is 9.85. The predicted molar refractivity (Wildman–Crippen MR) is 110 cm³/mol. The van der Waals surface area contributed by atoms with Crippen LogP contribution in [0.25, 0.3) is 0 Å². The largest absolute Gasteiger partial charge is 0.496 e. The number of ether oxygens (including phenoxy) is 3. The third-order valence-corrected chi connectivity index (χ3v) is 7.54. The van der Waals surface area contributed by atoms with Crippen LogP contribution in [0.1, 0.15) is 41.6 Å². The number of carbonyl (C=O) groups excluding carboxylic acids is 1. The maximum Gasteiger partial charge on any atom is 0.226 e. The fraction of sp³-hybridized carbons (Fsp3) is 0.500. The molecule has 3 heterocycles. The molecule has 2 aliphatic heterocycles. The first-order valence-electron chi connectivity index (χ1n) is 9.67. The lowest BCUT2D eigenvalue weighted by molar-refractivity contribution is -0.116. The predicted octanol–water partition coefficient (Wildman–Crippen LogP) is 2.05. The molecule has 0 spiro atoms. The minimum atomic E-state index is -3.09. The molecule has 1 amide bonds. The van der Waals surface area contributed by atoms with Gasteiger partial charge in [-0.2, -0.15) is 5.10 Å². The Bertz CT molecular complexity index is 1110. The molecule has 0 unspecified atom stereocenters. The summed E-state index contributed by atoms with van der Waals surface area (Å²) in [6, 6.07) is 3.27. The average Bonchev–Trinajstić information content (AvgIpc) is 3.25. The standard InChI is InChI=1S/C20H25N3O6S/c1-11-19-14(13-7-16(28-3)17(29-4)9-15(13)27-2)8-18(24)21-20(19)23(22-11)12-5-6-30(25,26)10-12/h7,9,12,14H,5-6,8,10H2,1-4H3,(H,21,24)/t12-,14-/m1/s1. The third-order valence-electron chi connectivity index (χ3n) is 5.79. The molecule has 1 N–H and O–H groups in total. The highest BCUT2D eigenvalue weighted by Crippen LogP contribution is 2.46. The number of hydrogen-bond donors (Lipinski definition) is 1. The minimum absolute atomic E-state index is 0.0285. The van der Waals surface area contributed by atoms with Gasteiger partial charge in [0.25, 0.3) is 0 Å². The Balaban J connectivity index is 1.85. The summed E-state index contributed by atoms with van der Waals surface area (Å²) in [5.41, 5.74) is 2.40. The van der Waals surface area contributed by atoms with Crippen molar-refractivity contribution >= 4 is 21.6 Å². The van der Waals surface area contributed by atoms with Crippen LogP contribution in [0.5, 0.6) is 17.2 Å². The van der Waals surface area contributed by atoms with E-state index in [4.69, 9.17) is 14.2 Å². The summed E-state index contributed by atoms with van der Waals surface area (Å²) >= 11 is 0. The minimum Gasteiger partial charge on any atom is -0.496 e. The van der Waals surface area contributed by atoms with Crippen LogP contribution in [-0.4, -0.2) is 56.9 Å². The molecule has 4 rings (SSSR count). The van der Waals surface area contributed by atoms with Gasteiger partial charge < -0.3 is 19.5 Å². The first kappa shape index (κ1) is 20.5. The van der Waals surface area contributed by atoms with Crippen LogP contribution in [0.3, 0.4) is 0 Å². The molecule has 0 radical (unpaired) electrons. The molecular weight excluding hydrogens is 410 g/mol. The Morgan fingerprint density at radius 1 is 1.10 bits per heavy atom. The van der Waals surface area contributed by atoms with Crippen LogP contribution >= 0.6 is 0 Å². The number of aryl methyl sites for hydroxylation is 1. The Kier molecular flexibility index (Phi) is 5.13. The first-order chi connectivity index (χ1) is 14.3. The second-order valence-corrected chi connectivity index (χ2v) is 9.83. The molecule has 0 bridgehead atoms. The Hall–Kier alpha value is -2.75. The number of benzene rings is 1. The van der Waals surface area contributed by atoms with Crippen LogP contribution in [0, 0.1) is 6.92 Å². The Morgan fingerprint density at radius 3 is 2.37 bits per heavy atom. The number of carbonyl (C=O) groups is 1. The Morgan fingerprint density at radius 2 is 1.77 bits per heavy atom. The molecule has 1 saturated heterocycles. The zero-order chi connectivity index (χ0) is 21.6. The summed E-state index contributed by atoms with van der Waals surface area (Å²) in [6.07, 6.45) is 0.699. The number of sulfone groups is 1. The summed E-state index contributed by atoms with van der Waals surface area (Å²) < 4.78 is 42.1. The molecule has 2 atom stereocenters. The number of anilines is 1. The van der Waals surface area contributed by atoms with E-state index in [1.54, 1.807) is 32.1 Å². The number of amides is 1. The third kappa shape index (κ3) is 3.38. The van der Waals surface area contributed by atoms with E-state index < -0.39 is 9.84 Å². The normalized spacial score (nSPS) is 22.3. The molecule has 162 valence electrons. The smallest absolute Gasteiger partial charge is 0.226 e. The van der Waals surface area contributed by atoms with Crippen LogP contribution in [-0.2, 0) is 14.6 Å². The van der Waals surface area contributed by atoms with E-state index in [2.05, 4.69) is 10.4 Å².